The second-order valence-electron chi connectivity index (χ2n) is 6.02. The summed E-state index contributed by atoms with van der Waals surface area (Å²) in [6.07, 6.45) is 10.5. The van der Waals surface area contributed by atoms with E-state index in [1.807, 2.05) is 0 Å². The van der Waals surface area contributed by atoms with E-state index < -0.39 is 33.7 Å². The predicted molar refractivity (Wildman–Crippen MR) is 97.7 cm³/mol. The summed E-state index contributed by atoms with van der Waals surface area (Å²) in [6.45, 7) is 2.26. The Morgan fingerprint density at radius 2 is 1.40 bits per heavy atom. The molecule has 0 aromatic heterocycles. The van der Waals surface area contributed by atoms with Crippen molar-refractivity contribution in [2.75, 3.05) is 6.61 Å². The van der Waals surface area contributed by atoms with Crippen molar-refractivity contribution in [3.8, 4) is 0 Å². The van der Waals surface area contributed by atoms with Crippen LogP contribution in [0.2, 0.25) is 0 Å². The molecule has 0 bridgehead atoms. The summed E-state index contributed by atoms with van der Waals surface area (Å²) in [7, 11) is -4.70. The van der Waals surface area contributed by atoms with Crippen LogP contribution in [0.25, 0.3) is 0 Å². The zero-order valence-corrected chi connectivity index (χ0v) is 18.4. The maximum Gasteiger partial charge on any atom is 0.327 e. The first-order valence-corrected chi connectivity index (χ1v) is 10.2. The second-order valence-corrected chi connectivity index (χ2v) is 7.62. The van der Waals surface area contributed by atoms with Crippen molar-refractivity contribution in [3.63, 3.8) is 0 Å². The van der Waals surface area contributed by atoms with E-state index in [9.17, 15) is 18.0 Å². The van der Waals surface area contributed by atoms with Gasteiger partial charge in [0.2, 0.25) is 5.91 Å². The Labute approximate surface area is 173 Å². The Kier molecular flexibility index (Phi) is 17.4. The van der Waals surface area contributed by atoms with Crippen LogP contribution in [0.15, 0.2) is 0 Å². The molecule has 0 rings (SSSR count). The van der Waals surface area contributed by atoms with Crippen molar-refractivity contribution >= 4 is 51.6 Å². The molecule has 7 nitrogen and oxygen atoms in total. The van der Waals surface area contributed by atoms with Crippen molar-refractivity contribution in [3.05, 3.63) is 0 Å². The SMILES string of the molecule is CCCCCCCCCCCCOC(=O)C(CC(N)=O)S(=O)(=O)O.[Na]. The fourth-order valence-corrected chi connectivity index (χ4v) is 3.03. The third-order valence-corrected chi connectivity index (χ3v) is 4.83. The van der Waals surface area contributed by atoms with E-state index in [-0.39, 0.29) is 36.2 Å². The molecule has 0 heterocycles. The van der Waals surface area contributed by atoms with Crippen LogP contribution in [-0.2, 0) is 24.4 Å². The number of hydrogen-bond acceptors (Lipinski definition) is 5. The van der Waals surface area contributed by atoms with Gasteiger partial charge < -0.3 is 10.5 Å². The van der Waals surface area contributed by atoms with Crippen LogP contribution in [0.5, 0.6) is 0 Å². The van der Waals surface area contributed by atoms with Crippen LogP contribution in [-0.4, -0.2) is 66.3 Å². The molecule has 0 aliphatic rings. The number of hydrogen-bond donors (Lipinski definition) is 2. The Bertz CT molecular complexity index is 469. The van der Waals surface area contributed by atoms with Gasteiger partial charge in [-0.05, 0) is 6.42 Å². The molecule has 0 saturated heterocycles. The monoisotopic (exact) mass is 388 g/mol. The molecule has 0 aliphatic carbocycles. The number of unbranched alkanes of at least 4 members (excludes halogenated alkanes) is 9. The summed E-state index contributed by atoms with van der Waals surface area (Å²) in [5.74, 6) is -2.12. The molecule has 1 atom stereocenters. The minimum absolute atomic E-state index is 0. The molecule has 25 heavy (non-hydrogen) atoms. The number of rotatable bonds is 15. The summed E-state index contributed by atoms with van der Waals surface area (Å²) in [6, 6.07) is 0. The number of amides is 1. The molecule has 0 aromatic rings. The van der Waals surface area contributed by atoms with Crippen LogP contribution >= 0.6 is 0 Å². The molecule has 9 heteroatoms. The summed E-state index contributed by atoms with van der Waals surface area (Å²) in [5, 5.41) is -1.93. The van der Waals surface area contributed by atoms with Crippen molar-refractivity contribution in [1.82, 2.24) is 0 Å². The number of nitrogens with two attached hydrogens (primary N) is 1. The summed E-state index contributed by atoms with van der Waals surface area (Å²) in [4.78, 5) is 22.4. The van der Waals surface area contributed by atoms with Gasteiger partial charge in [-0.15, -0.1) is 0 Å². The van der Waals surface area contributed by atoms with E-state index in [0.29, 0.717) is 6.42 Å². The molecule has 143 valence electrons. The van der Waals surface area contributed by atoms with Gasteiger partial charge in [0, 0.05) is 29.6 Å². The minimum Gasteiger partial charge on any atom is -0.465 e. The van der Waals surface area contributed by atoms with Gasteiger partial charge in [0.25, 0.3) is 10.1 Å². The Balaban J connectivity index is 0. The molecule has 0 spiro atoms. The number of carbonyl (C=O) groups is 2. The zero-order valence-electron chi connectivity index (χ0n) is 15.5. The van der Waals surface area contributed by atoms with Gasteiger partial charge in [0.1, 0.15) is 0 Å². The van der Waals surface area contributed by atoms with Gasteiger partial charge in [-0.3, -0.25) is 14.1 Å². The normalized spacial score (nSPS) is 12.2. The first kappa shape index (κ1) is 27.1. The van der Waals surface area contributed by atoms with Crippen LogP contribution in [0.1, 0.15) is 77.6 Å². The van der Waals surface area contributed by atoms with E-state index in [1.54, 1.807) is 0 Å². The smallest absolute Gasteiger partial charge is 0.327 e. The molecule has 0 fully saturated rings. The number of ether oxygens (including phenoxy) is 1. The molecule has 0 aromatic carbocycles. The molecule has 3 N–H and O–H groups in total. The molecule has 1 radical (unpaired) electrons. The number of carbonyl (C=O) groups excluding carboxylic acids is 2. The van der Waals surface area contributed by atoms with Crippen LogP contribution in [0.4, 0.5) is 0 Å². The predicted octanol–water partition coefficient (Wildman–Crippen LogP) is 2.20. The molecule has 1 amide bonds. The van der Waals surface area contributed by atoms with Crippen LogP contribution < -0.4 is 5.73 Å². The molecule has 0 aliphatic heterocycles. The Morgan fingerprint density at radius 3 is 1.80 bits per heavy atom. The number of primary amides is 1. The van der Waals surface area contributed by atoms with Gasteiger partial charge in [-0.25, -0.2) is 0 Å². The van der Waals surface area contributed by atoms with Gasteiger partial charge in [0.15, 0.2) is 5.25 Å². The van der Waals surface area contributed by atoms with Crippen LogP contribution in [0, 0.1) is 0 Å². The van der Waals surface area contributed by atoms with Crippen molar-refractivity contribution < 1.29 is 27.3 Å². The third-order valence-electron chi connectivity index (χ3n) is 3.75. The Morgan fingerprint density at radius 1 is 0.960 bits per heavy atom. The molecule has 0 saturated carbocycles. The fourth-order valence-electron chi connectivity index (χ4n) is 2.35. The Hall–Kier alpha value is -0.150. The van der Waals surface area contributed by atoms with E-state index >= 15 is 0 Å². The summed E-state index contributed by atoms with van der Waals surface area (Å²) in [5.41, 5.74) is 4.87. The van der Waals surface area contributed by atoms with Gasteiger partial charge in [-0.1, -0.05) is 64.7 Å². The minimum atomic E-state index is -4.70. The van der Waals surface area contributed by atoms with Crippen molar-refractivity contribution in [2.45, 2.75) is 82.8 Å². The molecular formula is C16H31NNaO6S. The molecular weight excluding hydrogens is 357 g/mol. The van der Waals surface area contributed by atoms with E-state index in [1.165, 1.54) is 38.5 Å². The van der Waals surface area contributed by atoms with Gasteiger partial charge in [0.05, 0.1) is 13.0 Å². The van der Waals surface area contributed by atoms with Gasteiger partial charge in [-0.2, -0.15) is 8.42 Å². The number of esters is 1. The standard InChI is InChI=1S/C16H31NO6S.Na/c1-2-3-4-5-6-7-8-9-10-11-12-23-16(19)14(13-15(17)18)24(20,21)22;/h14H,2-13H2,1H3,(H2,17,18)(H,20,21,22);. The largest absolute Gasteiger partial charge is 0.465 e. The van der Waals surface area contributed by atoms with E-state index in [0.717, 1.165) is 19.3 Å². The van der Waals surface area contributed by atoms with E-state index in [4.69, 9.17) is 15.0 Å². The van der Waals surface area contributed by atoms with E-state index in [2.05, 4.69) is 6.92 Å². The maximum absolute atomic E-state index is 11.6. The topological polar surface area (TPSA) is 124 Å². The zero-order chi connectivity index (χ0) is 18.4. The third kappa shape index (κ3) is 15.8. The summed E-state index contributed by atoms with van der Waals surface area (Å²) < 4.78 is 35.9. The first-order valence-electron chi connectivity index (χ1n) is 8.70. The maximum atomic E-state index is 11.6. The van der Waals surface area contributed by atoms with Gasteiger partial charge >= 0.3 is 5.97 Å². The quantitative estimate of drug-likeness (QED) is 0.192. The van der Waals surface area contributed by atoms with Crippen LogP contribution in [0.3, 0.4) is 0 Å². The fraction of sp³-hybridized carbons (Fsp3) is 0.875. The molecule has 1 unspecified atom stereocenters. The average molecular weight is 388 g/mol. The first-order chi connectivity index (χ1) is 11.3. The average Bonchev–Trinajstić information content (AvgIpc) is 2.48. The van der Waals surface area contributed by atoms with Crippen molar-refractivity contribution in [2.24, 2.45) is 5.73 Å². The summed E-state index contributed by atoms with van der Waals surface area (Å²) >= 11 is 0. The second kappa shape index (κ2) is 16.1. The van der Waals surface area contributed by atoms with Crippen molar-refractivity contribution in [1.29, 1.82) is 0 Å².